The number of halogens is 1. The number of nitrogens with zero attached hydrogens (tertiary/aromatic N) is 4. The maximum Gasteiger partial charge on any atom is 0.191 e. The van der Waals surface area contributed by atoms with E-state index in [-0.39, 0.29) is 24.0 Å². The lowest BCUT2D eigenvalue weighted by atomic mass is 10.0. The second-order valence-corrected chi connectivity index (χ2v) is 8.25. The number of hydrogen-bond acceptors (Lipinski definition) is 5. The number of guanidine groups is 1. The van der Waals surface area contributed by atoms with Crippen molar-refractivity contribution < 1.29 is 0 Å². The standard InChI is InChI=1S/C21H32N6S.HI/c1-4-22-20(23-13-19-16-28-21(25-19)26(2)3)24-18-11-8-12-27(15-18)14-17-9-6-5-7-10-17;/h5-7,9-10,16,18H,4,8,11-15H2,1-3H3,(H2,22,23,24);1H. The number of thiazole rings is 1. The molecule has 0 radical (unpaired) electrons. The highest BCUT2D eigenvalue weighted by molar-refractivity contribution is 14.0. The Balaban J connectivity index is 0.00000300. The van der Waals surface area contributed by atoms with Crippen molar-refractivity contribution in [3.8, 4) is 0 Å². The quantitative estimate of drug-likeness (QED) is 0.327. The number of hydrogen-bond donors (Lipinski definition) is 2. The van der Waals surface area contributed by atoms with Crippen molar-refractivity contribution in [3.05, 3.63) is 47.0 Å². The molecule has 29 heavy (non-hydrogen) atoms. The second kappa shape index (κ2) is 12.3. The summed E-state index contributed by atoms with van der Waals surface area (Å²) in [5.74, 6) is 0.883. The molecule has 0 bridgehead atoms. The van der Waals surface area contributed by atoms with Gasteiger partial charge in [0.2, 0.25) is 0 Å². The van der Waals surface area contributed by atoms with Gasteiger partial charge in [0.1, 0.15) is 0 Å². The third-order valence-electron chi connectivity index (χ3n) is 4.76. The van der Waals surface area contributed by atoms with Crippen LogP contribution in [0.5, 0.6) is 0 Å². The molecule has 2 aromatic rings. The number of aromatic nitrogens is 1. The molecule has 0 amide bonds. The van der Waals surface area contributed by atoms with Crippen LogP contribution in [0, 0.1) is 0 Å². The largest absolute Gasteiger partial charge is 0.357 e. The fraction of sp³-hybridized carbons (Fsp3) is 0.524. The summed E-state index contributed by atoms with van der Waals surface area (Å²) >= 11 is 1.66. The molecule has 1 saturated heterocycles. The van der Waals surface area contributed by atoms with Crippen LogP contribution in [0.15, 0.2) is 40.7 Å². The maximum absolute atomic E-state index is 4.76. The monoisotopic (exact) mass is 528 g/mol. The number of aliphatic imine (C=N–C) groups is 1. The van der Waals surface area contributed by atoms with E-state index in [2.05, 4.69) is 63.2 Å². The van der Waals surface area contributed by atoms with Gasteiger partial charge in [-0.05, 0) is 31.9 Å². The number of piperidine rings is 1. The molecular formula is C21H33IN6S. The van der Waals surface area contributed by atoms with Crippen LogP contribution < -0.4 is 15.5 Å². The maximum atomic E-state index is 4.76. The van der Waals surface area contributed by atoms with Crippen LogP contribution in [0.25, 0.3) is 0 Å². The molecule has 0 aliphatic carbocycles. The first-order valence-electron chi connectivity index (χ1n) is 10.1. The van der Waals surface area contributed by atoms with Crippen molar-refractivity contribution in [2.75, 3.05) is 38.6 Å². The van der Waals surface area contributed by atoms with Crippen molar-refractivity contribution in [1.82, 2.24) is 20.5 Å². The Bertz CT molecular complexity index is 749. The number of rotatable bonds is 7. The number of nitrogens with one attached hydrogen (secondary N) is 2. The Morgan fingerprint density at radius 3 is 2.79 bits per heavy atom. The van der Waals surface area contributed by atoms with Crippen LogP contribution in [0.3, 0.4) is 0 Å². The van der Waals surface area contributed by atoms with Crippen molar-refractivity contribution in [1.29, 1.82) is 0 Å². The molecule has 0 saturated carbocycles. The van der Waals surface area contributed by atoms with Crippen molar-refractivity contribution in [2.24, 2.45) is 4.99 Å². The van der Waals surface area contributed by atoms with Crippen molar-refractivity contribution in [3.63, 3.8) is 0 Å². The molecule has 2 N–H and O–H groups in total. The van der Waals surface area contributed by atoms with Gasteiger partial charge in [-0.3, -0.25) is 4.90 Å². The number of likely N-dealkylation sites (tertiary alicyclic amines) is 1. The van der Waals surface area contributed by atoms with Gasteiger partial charge in [-0.25, -0.2) is 9.98 Å². The molecule has 1 atom stereocenters. The Labute approximate surface area is 195 Å². The Morgan fingerprint density at radius 2 is 2.10 bits per heavy atom. The minimum Gasteiger partial charge on any atom is -0.357 e. The zero-order valence-corrected chi connectivity index (χ0v) is 20.7. The van der Waals surface area contributed by atoms with E-state index in [1.165, 1.54) is 18.4 Å². The summed E-state index contributed by atoms with van der Waals surface area (Å²) < 4.78 is 0. The third-order valence-corrected chi connectivity index (χ3v) is 5.82. The second-order valence-electron chi connectivity index (χ2n) is 7.42. The molecule has 6 nitrogen and oxygen atoms in total. The van der Waals surface area contributed by atoms with Gasteiger partial charge in [-0.2, -0.15) is 0 Å². The first-order valence-corrected chi connectivity index (χ1v) is 10.9. The minimum absolute atomic E-state index is 0. The van der Waals surface area contributed by atoms with Crippen LogP contribution in [-0.2, 0) is 13.1 Å². The van der Waals surface area contributed by atoms with E-state index in [9.17, 15) is 0 Å². The zero-order chi connectivity index (χ0) is 19.8. The van der Waals surface area contributed by atoms with E-state index in [4.69, 9.17) is 4.99 Å². The van der Waals surface area contributed by atoms with Gasteiger partial charge >= 0.3 is 0 Å². The molecule has 1 aromatic carbocycles. The molecule has 1 aromatic heterocycles. The highest BCUT2D eigenvalue weighted by Gasteiger charge is 2.20. The smallest absolute Gasteiger partial charge is 0.191 e. The predicted molar refractivity (Wildman–Crippen MR) is 135 cm³/mol. The lowest BCUT2D eigenvalue weighted by Gasteiger charge is -2.34. The molecule has 0 spiro atoms. The Morgan fingerprint density at radius 1 is 1.31 bits per heavy atom. The van der Waals surface area contributed by atoms with E-state index in [1.807, 2.05) is 19.0 Å². The normalized spacial score (nSPS) is 17.5. The molecule has 3 rings (SSSR count). The van der Waals surface area contributed by atoms with Crippen LogP contribution in [0.1, 0.15) is 31.0 Å². The molecule has 1 unspecified atom stereocenters. The summed E-state index contributed by atoms with van der Waals surface area (Å²) in [6, 6.07) is 11.1. The average molecular weight is 529 g/mol. The lowest BCUT2D eigenvalue weighted by Crippen LogP contribution is -2.51. The molecule has 2 heterocycles. The van der Waals surface area contributed by atoms with E-state index < -0.39 is 0 Å². The highest BCUT2D eigenvalue weighted by Crippen LogP contribution is 2.18. The van der Waals surface area contributed by atoms with Crippen molar-refractivity contribution in [2.45, 2.75) is 38.9 Å². The van der Waals surface area contributed by atoms with E-state index in [0.29, 0.717) is 12.6 Å². The summed E-state index contributed by atoms with van der Waals surface area (Å²) in [6.07, 6.45) is 2.39. The average Bonchev–Trinajstić information content (AvgIpc) is 3.17. The SMILES string of the molecule is CCNC(=NCc1csc(N(C)C)n1)NC1CCCN(Cc2ccccc2)C1.I. The molecular weight excluding hydrogens is 495 g/mol. The lowest BCUT2D eigenvalue weighted by molar-refractivity contribution is 0.192. The van der Waals surface area contributed by atoms with Gasteiger partial charge < -0.3 is 15.5 Å². The van der Waals surface area contributed by atoms with Gasteiger partial charge in [0.15, 0.2) is 11.1 Å². The Hall–Kier alpha value is -1.39. The molecule has 8 heteroatoms. The Kier molecular flexibility index (Phi) is 10.2. The van der Waals surface area contributed by atoms with Gasteiger partial charge in [-0.1, -0.05) is 30.3 Å². The van der Waals surface area contributed by atoms with E-state index in [1.54, 1.807) is 11.3 Å². The van der Waals surface area contributed by atoms with Gasteiger partial charge in [0.25, 0.3) is 0 Å². The third kappa shape index (κ3) is 7.75. The summed E-state index contributed by atoms with van der Waals surface area (Å²) in [5, 5.41) is 10.1. The number of benzene rings is 1. The predicted octanol–water partition coefficient (Wildman–Crippen LogP) is 3.55. The summed E-state index contributed by atoms with van der Waals surface area (Å²) in [4.78, 5) is 13.9. The summed E-state index contributed by atoms with van der Waals surface area (Å²) in [6.45, 7) is 6.77. The zero-order valence-electron chi connectivity index (χ0n) is 17.6. The first kappa shape index (κ1) is 23.9. The van der Waals surface area contributed by atoms with Crippen LogP contribution in [0.4, 0.5) is 5.13 Å². The van der Waals surface area contributed by atoms with E-state index >= 15 is 0 Å². The first-order chi connectivity index (χ1) is 13.6. The van der Waals surface area contributed by atoms with Crippen LogP contribution >= 0.6 is 35.3 Å². The van der Waals surface area contributed by atoms with Crippen LogP contribution in [0.2, 0.25) is 0 Å². The van der Waals surface area contributed by atoms with Crippen LogP contribution in [-0.4, -0.2) is 55.6 Å². The highest BCUT2D eigenvalue weighted by atomic mass is 127. The summed E-state index contributed by atoms with van der Waals surface area (Å²) in [5.41, 5.74) is 2.39. The summed E-state index contributed by atoms with van der Waals surface area (Å²) in [7, 11) is 4.03. The van der Waals surface area contributed by atoms with Gasteiger partial charge in [0.05, 0.1) is 12.2 Å². The number of anilines is 1. The fourth-order valence-electron chi connectivity index (χ4n) is 3.41. The molecule has 1 aliphatic rings. The molecule has 1 aliphatic heterocycles. The minimum atomic E-state index is 0. The van der Waals surface area contributed by atoms with Crippen molar-refractivity contribution >= 4 is 46.4 Å². The van der Waals surface area contributed by atoms with Gasteiger partial charge in [0, 0.05) is 45.2 Å². The molecule has 160 valence electrons. The van der Waals surface area contributed by atoms with Gasteiger partial charge in [-0.15, -0.1) is 35.3 Å². The van der Waals surface area contributed by atoms with E-state index in [0.717, 1.165) is 43.0 Å². The topological polar surface area (TPSA) is 55.8 Å². The fourth-order valence-corrected chi connectivity index (χ4v) is 4.16. The molecule has 1 fully saturated rings.